The van der Waals surface area contributed by atoms with Crippen molar-refractivity contribution in [2.45, 2.75) is 31.0 Å². The summed E-state index contributed by atoms with van der Waals surface area (Å²) < 4.78 is 4.72. The summed E-state index contributed by atoms with van der Waals surface area (Å²) in [5.74, 6) is 0. The predicted molar refractivity (Wildman–Crippen MR) is 34.6 cm³/mol. The first kappa shape index (κ1) is 8.89. The monoisotopic (exact) mass is 164 g/mol. The van der Waals surface area contributed by atoms with Crippen molar-refractivity contribution in [1.29, 1.82) is 0 Å². The highest BCUT2D eigenvalue weighted by molar-refractivity contribution is 4.80. The van der Waals surface area contributed by atoms with E-state index in [1.54, 1.807) is 0 Å². The molecule has 0 amide bonds. The lowest BCUT2D eigenvalue weighted by Gasteiger charge is -2.14. The number of hydrogen-bond acceptors (Lipinski definition) is 5. The molecule has 5 heteroatoms. The van der Waals surface area contributed by atoms with Gasteiger partial charge in [0.15, 0.2) is 6.29 Å². The average molecular weight is 164 g/mol. The van der Waals surface area contributed by atoms with Gasteiger partial charge in [0.1, 0.15) is 12.2 Å². The maximum atomic E-state index is 9.00. The second-order valence-corrected chi connectivity index (χ2v) is 2.62. The average Bonchev–Trinajstić information content (AvgIpc) is 2.31. The summed E-state index contributed by atoms with van der Waals surface area (Å²) in [6, 6.07) is 0. The molecule has 1 heterocycles. The maximum Gasteiger partial charge on any atom is 0.181 e. The molecule has 0 bridgehead atoms. The lowest BCUT2D eigenvalue weighted by Crippen LogP contribution is -2.29. The van der Waals surface area contributed by atoms with E-state index in [-0.39, 0.29) is 6.42 Å². The Kier molecular flexibility index (Phi) is 2.80. The van der Waals surface area contributed by atoms with Gasteiger partial charge in [0.05, 0.1) is 12.7 Å². The first-order chi connectivity index (χ1) is 5.15. The van der Waals surface area contributed by atoms with Crippen molar-refractivity contribution in [2.75, 3.05) is 6.61 Å². The van der Waals surface area contributed by atoms with Gasteiger partial charge in [0, 0.05) is 6.42 Å². The van der Waals surface area contributed by atoms with Gasteiger partial charge < -0.3 is 25.2 Å². The van der Waals surface area contributed by atoms with Crippen molar-refractivity contribution >= 4 is 0 Å². The summed E-state index contributed by atoms with van der Waals surface area (Å²) in [7, 11) is 0. The van der Waals surface area contributed by atoms with Crippen LogP contribution in [-0.4, -0.2) is 51.6 Å². The quantitative estimate of drug-likeness (QED) is 0.372. The number of aliphatic hydroxyl groups is 4. The molecule has 1 aliphatic rings. The molecule has 1 saturated heterocycles. The number of ether oxygens (including phenoxy) is 1. The van der Waals surface area contributed by atoms with Gasteiger partial charge in [-0.2, -0.15) is 0 Å². The molecule has 0 aromatic heterocycles. The van der Waals surface area contributed by atoms with Crippen molar-refractivity contribution < 1.29 is 25.2 Å². The van der Waals surface area contributed by atoms with Gasteiger partial charge in [-0.1, -0.05) is 0 Å². The smallest absolute Gasteiger partial charge is 0.181 e. The van der Waals surface area contributed by atoms with Crippen molar-refractivity contribution in [3.8, 4) is 0 Å². The lowest BCUT2D eigenvalue weighted by molar-refractivity contribution is -0.149. The van der Waals surface area contributed by atoms with Crippen LogP contribution in [0.3, 0.4) is 0 Å². The molecule has 0 saturated carbocycles. The van der Waals surface area contributed by atoms with Crippen molar-refractivity contribution in [2.24, 2.45) is 0 Å². The number of rotatable bonds is 2. The third-order valence-electron chi connectivity index (χ3n) is 1.73. The minimum atomic E-state index is -1.24. The van der Waals surface area contributed by atoms with E-state index in [0.717, 1.165) is 0 Å². The van der Waals surface area contributed by atoms with Gasteiger partial charge in [-0.25, -0.2) is 0 Å². The molecule has 66 valence electrons. The Morgan fingerprint density at radius 1 is 1.45 bits per heavy atom. The third kappa shape index (κ3) is 1.88. The molecule has 5 nitrogen and oxygen atoms in total. The fourth-order valence-electron chi connectivity index (χ4n) is 1.05. The molecule has 1 fully saturated rings. The fraction of sp³-hybridized carbons (Fsp3) is 1.00. The van der Waals surface area contributed by atoms with E-state index in [1.165, 1.54) is 0 Å². The summed E-state index contributed by atoms with van der Waals surface area (Å²) in [4.78, 5) is 0. The summed E-state index contributed by atoms with van der Waals surface area (Å²) in [5, 5.41) is 35.3. The molecule has 1 unspecified atom stereocenters. The summed E-state index contributed by atoms with van der Waals surface area (Å²) in [5.41, 5.74) is 0. The molecule has 0 aromatic carbocycles. The van der Waals surface area contributed by atoms with Crippen molar-refractivity contribution in [1.82, 2.24) is 0 Å². The zero-order chi connectivity index (χ0) is 8.43. The maximum absolute atomic E-state index is 9.00. The molecule has 4 atom stereocenters. The first-order valence-corrected chi connectivity index (χ1v) is 3.45. The molecular formula is C6H12O5. The van der Waals surface area contributed by atoms with Crippen LogP contribution in [0.5, 0.6) is 0 Å². The van der Waals surface area contributed by atoms with E-state index >= 15 is 0 Å². The molecule has 0 radical (unpaired) electrons. The highest BCUT2D eigenvalue weighted by atomic mass is 16.6. The van der Waals surface area contributed by atoms with E-state index in [1.807, 2.05) is 0 Å². The highest BCUT2D eigenvalue weighted by Gasteiger charge is 2.36. The number of aliphatic hydroxyl groups excluding tert-OH is 4. The van der Waals surface area contributed by atoms with Crippen molar-refractivity contribution in [3.05, 3.63) is 0 Å². The van der Waals surface area contributed by atoms with Gasteiger partial charge in [0.2, 0.25) is 0 Å². The van der Waals surface area contributed by atoms with E-state index in [9.17, 15) is 0 Å². The van der Waals surface area contributed by atoms with Crippen LogP contribution < -0.4 is 0 Å². The minimum absolute atomic E-state index is 0.156. The molecular weight excluding hydrogens is 152 g/mol. The Labute approximate surface area is 63.8 Å². The minimum Gasteiger partial charge on any atom is -0.394 e. The highest BCUT2D eigenvalue weighted by Crippen LogP contribution is 2.20. The second kappa shape index (κ2) is 3.46. The Hall–Kier alpha value is -0.200. The van der Waals surface area contributed by atoms with E-state index in [4.69, 9.17) is 25.2 Å². The van der Waals surface area contributed by atoms with E-state index < -0.39 is 31.2 Å². The summed E-state index contributed by atoms with van der Waals surface area (Å²) in [6.07, 6.45) is -3.72. The van der Waals surface area contributed by atoms with Crippen LogP contribution >= 0.6 is 0 Å². The normalized spacial score (nSPS) is 40.9. The molecule has 1 rings (SSSR count). The van der Waals surface area contributed by atoms with Crippen LogP contribution in [0.15, 0.2) is 0 Å². The van der Waals surface area contributed by atoms with Crippen LogP contribution in [0.4, 0.5) is 0 Å². The SMILES string of the molecule is OC[C@@H](O)[C@@H]1C[C@@H](O)C(O)O1. The van der Waals surface area contributed by atoms with Gasteiger partial charge in [-0.05, 0) is 0 Å². The predicted octanol–water partition coefficient (Wildman–Crippen LogP) is -2.19. The largest absolute Gasteiger partial charge is 0.394 e. The lowest BCUT2D eigenvalue weighted by atomic mass is 10.1. The van der Waals surface area contributed by atoms with E-state index in [0.29, 0.717) is 0 Å². The van der Waals surface area contributed by atoms with Gasteiger partial charge in [-0.15, -0.1) is 0 Å². The molecule has 11 heavy (non-hydrogen) atoms. The van der Waals surface area contributed by atoms with Crippen LogP contribution in [0.25, 0.3) is 0 Å². The molecule has 0 aromatic rings. The summed E-state index contributed by atoms with van der Waals surface area (Å²) in [6.45, 7) is -0.426. The zero-order valence-corrected chi connectivity index (χ0v) is 5.92. The molecule has 0 spiro atoms. The molecule has 0 aliphatic carbocycles. The van der Waals surface area contributed by atoms with Gasteiger partial charge in [-0.3, -0.25) is 0 Å². The van der Waals surface area contributed by atoms with Gasteiger partial charge in [0.25, 0.3) is 0 Å². The third-order valence-corrected chi connectivity index (χ3v) is 1.73. The summed E-state index contributed by atoms with van der Waals surface area (Å²) >= 11 is 0. The Morgan fingerprint density at radius 3 is 2.45 bits per heavy atom. The zero-order valence-electron chi connectivity index (χ0n) is 5.92. The second-order valence-electron chi connectivity index (χ2n) is 2.62. The van der Waals surface area contributed by atoms with Crippen LogP contribution in [-0.2, 0) is 4.74 Å². The Morgan fingerprint density at radius 2 is 2.09 bits per heavy atom. The molecule has 1 aliphatic heterocycles. The topological polar surface area (TPSA) is 90.2 Å². The standard InChI is InChI=1S/C6H12O5/c7-2-4(9)5-1-3(8)6(10)11-5/h3-10H,1-2H2/t3-,4-,5+,6?/m1/s1. The van der Waals surface area contributed by atoms with Crippen molar-refractivity contribution in [3.63, 3.8) is 0 Å². The number of hydrogen-bond donors (Lipinski definition) is 4. The Balaban J connectivity index is 2.40. The van der Waals surface area contributed by atoms with Crippen LogP contribution in [0, 0.1) is 0 Å². The first-order valence-electron chi connectivity index (χ1n) is 3.45. The van der Waals surface area contributed by atoms with Crippen LogP contribution in [0.2, 0.25) is 0 Å². The Bertz CT molecular complexity index is 118. The molecule has 4 N–H and O–H groups in total. The van der Waals surface area contributed by atoms with Crippen LogP contribution in [0.1, 0.15) is 6.42 Å². The fourth-order valence-corrected chi connectivity index (χ4v) is 1.05. The van der Waals surface area contributed by atoms with Gasteiger partial charge >= 0.3 is 0 Å². The van der Waals surface area contributed by atoms with E-state index in [2.05, 4.69) is 0 Å².